The quantitative estimate of drug-likeness (QED) is 0.550. The first kappa shape index (κ1) is 9.10. The van der Waals surface area contributed by atoms with Gasteiger partial charge in [-0.25, -0.2) is 0 Å². The minimum absolute atomic E-state index is 0.0313. The summed E-state index contributed by atoms with van der Waals surface area (Å²) in [6.07, 6.45) is 0. The molecule has 4 nitrogen and oxygen atoms in total. The molecule has 0 fully saturated rings. The first-order valence-corrected chi connectivity index (χ1v) is 2.98. The van der Waals surface area contributed by atoms with E-state index in [9.17, 15) is 9.59 Å². The Hall–Kier alpha value is -0.900. The maximum Gasteiger partial charge on any atom is 0.231 e. The van der Waals surface area contributed by atoms with E-state index in [0.717, 1.165) is 0 Å². The lowest BCUT2D eigenvalue weighted by atomic mass is 10.4. The average Bonchev–Trinajstić information content (AvgIpc) is 1.58. The van der Waals surface area contributed by atoms with Crippen LogP contribution < -0.4 is 5.73 Å². The maximum absolute atomic E-state index is 10.4. The summed E-state index contributed by atoms with van der Waals surface area (Å²) in [6.45, 7) is 1.89. The number of Topliss-reactive ketones (excluding diaryl/α,β-unsaturated/α-hetero) is 1. The van der Waals surface area contributed by atoms with E-state index in [1.165, 1.54) is 6.92 Å². The Balaban J connectivity index is 3.53. The molecule has 0 spiro atoms. The van der Waals surface area contributed by atoms with Crippen molar-refractivity contribution in [1.29, 1.82) is 0 Å². The van der Waals surface area contributed by atoms with Crippen molar-refractivity contribution in [2.75, 3.05) is 20.1 Å². The number of nitrogens with two attached hydrogens (primary N) is 1. The van der Waals surface area contributed by atoms with Crippen molar-refractivity contribution < 1.29 is 9.59 Å². The molecule has 0 heterocycles. The van der Waals surface area contributed by atoms with Crippen LogP contribution in [0.2, 0.25) is 0 Å². The van der Waals surface area contributed by atoms with Crippen molar-refractivity contribution in [2.24, 2.45) is 5.73 Å². The van der Waals surface area contributed by atoms with E-state index in [0.29, 0.717) is 0 Å². The fraction of sp³-hybridized carbons (Fsp3) is 0.667. The summed E-state index contributed by atoms with van der Waals surface area (Å²) in [5.74, 6) is -0.382. The van der Waals surface area contributed by atoms with Crippen molar-refractivity contribution >= 4 is 11.7 Å². The van der Waals surface area contributed by atoms with Gasteiger partial charge < -0.3 is 5.73 Å². The number of carbonyl (C=O) groups is 2. The van der Waals surface area contributed by atoms with Crippen molar-refractivity contribution in [1.82, 2.24) is 4.90 Å². The molecule has 0 aromatic heterocycles. The summed E-state index contributed by atoms with van der Waals surface area (Å²) >= 11 is 0. The standard InChI is InChI=1S/C6H12N2O2/c1-5(9)3-8(2)4-6(7)10/h3-4H2,1-2H3,(H2,7,10). The number of hydrogen-bond acceptors (Lipinski definition) is 3. The molecular weight excluding hydrogens is 132 g/mol. The molecule has 0 aliphatic carbocycles. The fourth-order valence-corrected chi connectivity index (χ4v) is 0.702. The summed E-state index contributed by atoms with van der Waals surface area (Å²) in [5.41, 5.74) is 4.88. The minimum atomic E-state index is -0.413. The van der Waals surface area contributed by atoms with Gasteiger partial charge in [0.05, 0.1) is 13.1 Å². The van der Waals surface area contributed by atoms with Crippen LogP contribution in [0, 0.1) is 0 Å². The number of ketones is 1. The molecule has 0 aromatic carbocycles. The topological polar surface area (TPSA) is 63.4 Å². The Bertz CT molecular complexity index is 129. The molecule has 0 radical (unpaired) electrons. The molecule has 10 heavy (non-hydrogen) atoms. The van der Waals surface area contributed by atoms with Gasteiger partial charge in [0.1, 0.15) is 5.78 Å². The predicted octanol–water partition coefficient (Wildman–Crippen LogP) is -1.01. The highest BCUT2D eigenvalue weighted by Gasteiger charge is 2.03. The molecule has 2 N–H and O–H groups in total. The molecule has 0 aliphatic heterocycles. The summed E-state index contributed by atoms with van der Waals surface area (Å²) in [5, 5.41) is 0. The Morgan fingerprint density at radius 2 is 1.90 bits per heavy atom. The molecule has 1 amide bonds. The number of amides is 1. The number of nitrogens with zero attached hydrogens (tertiary/aromatic N) is 1. The summed E-state index contributed by atoms with van der Waals surface area (Å²) in [4.78, 5) is 22.3. The normalized spacial score (nSPS) is 9.90. The van der Waals surface area contributed by atoms with Crippen molar-refractivity contribution in [3.63, 3.8) is 0 Å². The van der Waals surface area contributed by atoms with Gasteiger partial charge in [0.2, 0.25) is 5.91 Å². The number of primary amides is 1. The number of carbonyl (C=O) groups excluding carboxylic acids is 2. The fourth-order valence-electron chi connectivity index (χ4n) is 0.702. The lowest BCUT2D eigenvalue weighted by molar-refractivity contribution is -0.120. The highest BCUT2D eigenvalue weighted by molar-refractivity contribution is 5.79. The van der Waals surface area contributed by atoms with Crippen LogP contribution in [0.15, 0.2) is 0 Å². The Morgan fingerprint density at radius 1 is 1.40 bits per heavy atom. The lowest BCUT2D eigenvalue weighted by Crippen LogP contribution is -2.33. The molecule has 0 aromatic rings. The molecule has 0 saturated heterocycles. The predicted molar refractivity (Wildman–Crippen MR) is 37.4 cm³/mol. The van der Waals surface area contributed by atoms with Crippen molar-refractivity contribution in [2.45, 2.75) is 6.92 Å². The third-order valence-electron chi connectivity index (χ3n) is 0.918. The van der Waals surface area contributed by atoms with Crippen LogP contribution in [0.5, 0.6) is 0 Å². The molecule has 0 saturated carbocycles. The Kier molecular flexibility index (Phi) is 3.64. The van der Waals surface area contributed by atoms with Crippen molar-refractivity contribution in [3.05, 3.63) is 0 Å². The van der Waals surface area contributed by atoms with Gasteiger partial charge in [-0.2, -0.15) is 0 Å². The second-order valence-electron chi connectivity index (χ2n) is 2.34. The summed E-state index contributed by atoms with van der Waals surface area (Å²) in [7, 11) is 1.67. The highest BCUT2D eigenvalue weighted by atomic mass is 16.1. The van der Waals surface area contributed by atoms with Gasteiger partial charge in [0.15, 0.2) is 0 Å². The van der Waals surface area contributed by atoms with Crippen LogP contribution in [-0.2, 0) is 9.59 Å². The molecule has 0 unspecified atom stereocenters. The molecule has 58 valence electrons. The third-order valence-corrected chi connectivity index (χ3v) is 0.918. The van der Waals surface area contributed by atoms with Crippen LogP contribution in [0.1, 0.15) is 6.92 Å². The van der Waals surface area contributed by atoms with Crippen LogP contribution in [0.25, 0.3) is 0 Å². The largest absolute Gasteiger partial charge is 0.369 e. The minimum Gasteiger partial charge on any atom is -0.369 e. The van der Waals surface area contributed by atoms with Gasteiger partial charge in [-0.15, -0.1) is 0 Å². The smallest absolute Gasteiger partial charge is 0.231 e. The van der Waals surface area contributed by atoms with E-state index in [-0.39, 0.29) is 18.9 Å². The van der Waals surface area contributed by atoms with E-state index >= 15 is 0 Å². The molecule has 0 rings (SSSR count). The molecule has 0 bridgehead atoms. The van der Waals surface area contributed by atoms with Crippen LogP contribution in [0.3, 0.4) is 0 Å². The van der Waals surface area contributed by atoms with Crippen molar-refractivity contribution in [3.8, 4) is 0 Å². The van der Waals surface area contributed by atoms with E-state index < -0.39 is 5.91 Å². The monoisotopic (exact) mass is 144 g/mol. The van der Waals surface area contributed by atoms with Crippen LogP contribution >= 0.6 is 0 Å². The summed E-state index contributed by atoms with van der Waals surface area (Å²) in [6, 6.07) is 0. The first-order valence-electron chi connectivity index (χ1n) is 2.98. The van der Waals surface area contributed by atoms with Gasteiger partial charge >= 0.3 is 0 Å². The van der Waals surface area contributed by atoms with Gasteiger partial charge in [0, 0.05) is 0 Å². The lowest BCUT2D eigenvalue weighted by Gasteiger charge is -2.10. The highest BCUT2D eigenvalue weighted by Crippen LogP contribution is 1.80. The maximum atomic E-state index is 10.4. The molecule has 0 aliphatic rings. The first-order chi connectivity index (χ1) is 4.52. The Labute approximate surface area is 60.0 Å². The van der Waals surface area contributed by atoms with E-state index in [1.807, 2.05) is 0 Å². The van der Waals surface area contributed by atoms with Gasteiger partial charge in [-0.3, -0.25) is 14.5 Å². The average molecular weight is 144 g/mol. The van der Waals surface area contributed by atoms with Gasteiger partial charge in [-0.1, -0.05) is 0 Å². The second-order valence-corrected chi connectivity index (χ2v) is 2.34. The SMILES string of the molecule is CC(=O)CN(C)CC(N)=O. The number of likely N-dealkylation sites (N-methyl/N-ethyl adjacent to an activating group) is 1. The van der Waals surface area contributed by atoms with Crippen LogP contribution in [-0.4, -0.2) is 36.7 Å². The summed E-state index contributed by atoms with van der Waals surface area (Å²) < 4.78 is 0. The third kappa shape index (κ3) is 5.24. The van der Waals surface area contributed by atoms with Crippen LogP contribution in [0.4, 0.5) is 0 Å². The Morgan fingerprint density at radius 3 is 2.20 bits per heavy atom. The zero-order valence-electron chi connectivity index (χ0n) is 6.26. The molecule has 4 heteroatoms. The number of rotatable bonds is 4. The molecular formula is C6H12N2O2. The van der Waals surface area contributed by atoms with E-state index in [2.05, 4.69) is 0 Å². The van der Waals surface area contributed by atoms with E-state index in [1.54, 1.807) is 11.9 Å². The number of hydrogen-bond donors (Lipinski definition) is 1. The van der Waals surface area contributed by atoms with E-state index in [4.69, 9.17) is 5.73 Å². The molecule has 0 atom stereocenters. The zero-order chi connectivity index (χ0) is 8.15. The second kappa shape index (κ2) is 4.00. The zero-order valence-corrected chi connectivity index (χ0v) is 6.26. The van der Waals surface area contributed by atoms with Gasteiger partial charge in [-0.05, 0) is 14.0 Å². The van der Waals surface area contributed by atoms with Gasteiger partial charge in [0.25, 0.3) is 0 Å².